The van der Waals surface area contributed by atoms with Crippen LogP contribution in [0.25, 0.3) is 0 Å². The quantitative estimate of drug-likeness (QED) is 0.792. The summed E-state index contributed by atoms with van der Waals surface area (Å²) < 4.78 is 0. The van der Waals surface area contributed by atoms with Gasteiger partial charge in [-0.05, 0) is 71.9 Å². The molecule has 2 aliphatic heterocycles. The molecule has 2 rings (SSSR count). The van der Waals surface area contributed by atoms with Crippen molar-refractivity contribution in [3.8, 4) is 0 Å². The number of rotatable bonds is 5. The Kier molecular flexibility index (Phi) is 4.14. The SMILES string of the molecule is CCC(C)(C)N(C)CCC1CC2CCC(C1)N2. The number of fused-ring (bicyclic) bond motifs is 2. The van der Waals surface area contributed by atoms with E-state index < -0.39 is 0 Å². The molecular weight excluding hydrogens is 208 g/mol. The summed E-state index contributed by atoms with van der Waals surface area (Å²) in [6, 6.07) is 1.70. The number of piperidine rings is 1. The summed E-state index contributed by atoms with van der Waals surface area (Å²) >= 11 is 0. The van der Waals surface area contributed by atoms with Crippen molar-refractivity contribution in [1.29, 1.82) is 0 Å². The lowest BCUT2D eigenvalue weighted by Crippen LogP contribution is -2.43. The van der Waals surface area contributed by atoms with Crippen molar-refractivity contribution < 1.29 is 0 Å². The molecule has 0 aromatic heterocycles. The van der Waals surface area contributed by atoms with Crippen LogP contribution < -0.4 is 5.32 Å². The summed E-state index contributed by atoms with van der Waals surface area (Å²) in [6.45, 7) is 8.28. The second kappa shape index (κ2) is 5.27. The Labute approximate surface area is 107 Å². The predicted molar refractivity (Wildman–Crippen MR) is 74.3 cm³/mol. The third-order valence-electron chi connectivity index (χ3n) is 5.34. The van der Waals surface area contributed by atoms with Crippen LogP contribution in [-0.2, 0) is 0 Å². The minimum atomic E-state index is 0.367. The van der Waals surface area contributed by atoms with Gasteiger partial charge in [-0.15, -0.1) is 0 Å². The van der Waals surface area contributed by atoms with Gasteiger partial charge in [-0.25, -0.2) is 0 Å². The fourth-order valence-electron chi connectivity index (χ4n) is 3.36. The lowest BCUT2D eigenvalue weighted by Gasteiger charge is -2.37. The maximum absolute atomic E-state index is 3.74. The molecule has 17 heavy (non-hydrogen) atoms. The maximum Gasteiger partial charge on any atom is 0.0147 e. The van der Waals surface area contributed by atoms with Crippen LogP contribution in [0.3, 0.4) is 0 Å². The molecule has 2 atom stereocenters. The molecule has 2 heterocycles. The summed E-state index contributed by atoms with van der Waals surface area (Å²) in [4.78, 5) is 2.55. The standard InChI is InChI=1S/C15H30N2/c1-5-15(2,3)17(4)9-8-12-10-13-6-7-14(11-12)16-13/h12-14,16H,5-11H2,1-4H3. The molecule has 0 radical (unpaired) electrons. The summed E-state index contributed by atoms with van der Waals surface area (Å²) in [5.74, 6) is 0.976. The first-order valence-corrected chi connectivity index (χ1v) is 7.48. The van der Waals surface area contributed by atoms with Gasteiger partial charge < -0.3 is 10.2 Å². The Bertz CT molecular complexity index is 237. The van der Waals surface area contributed by atoms with Gasteiger partial charge in [-0.1, -0.05) is 6.92 Å². The van der Waals surface area contributed by atoms with Crippen LogP contribution in [0.2, 0.25) is 0 Å². The van der Waals surface area contributed by atoms with Crippen molar-refractivity contribution in [3.05, 3.63) is 0 Å². The molecule has 0 amide bonds. The minimum Gasteiger partial charge on any atom is -0.311 e. The van der Waals surface area contributed by atoms with Crippen LogP contribution in [0.1, 0.15) is 59.3 Å². The van der Waals surface area contributed by atoms with Gasteiger partial charge in [0.2, 0.25) is 0 Å². The van der Waals surface area contributed by atoms with Gasteiger partial charge in [0.25, 0.3) is 0 Å². The molecule has 2 nitrogen and oxygen atoms in total. The van der Waals surface area contributed by atoms with Gasteiger partial charge in [-0.2, -0.15) is 0 Å². The zero-order valence-corrected chi connectivity index (χ0v) is 12.1. The molecule has 0 aliphatic carbocycles. The van der Waals surface area contributed by atoms with E-state index in [4.69, 9.17) is 0 Å². The fourth-order valence-corrected chi connectivity index (χ4v) is 3.36. The first-order chi connectivity index (χ1) is 8.01. The highest BCUT2D eigenvalue weighted by atomic mass is 15.2. The van der Waals surface area contributed by atoms with E-state index in [1.807, 2.05) is 0 Å². The minimum absolute atomic E-state index is 0.367. The van der Waals surface area contributed by atoms with Crippen molar-refractivity contribution in [1.82, 2.24) is 10.2 Å². The molecule has 2 fully saturated rings. The molecule has 2 unspecified atom stereocenters. The van der Waals surface area contributed by atoms with Crippen LogP contribution in [0, 0.1) is 5.92 Å². The average molecular weight is 238 g/mol. The zero-order valence-electron chi connectivity index (χ0n) is 12.1. The second-order valence-corrected chi connectivity index (χ2v) is 6.85. The van der Waals surface area contributed by atoms with E-state index in [1.54, 1.807) is 0 Å². The smallest absolute Gasteiger partial charge is 0.0147 e. The molecular formula is C15H30N2. The Morgan fingerprint density at radius 3 is 2.29 bits per heavy atom. The van der Waals surface area contributed by atoms with Crippen LogP contribution in [0.5, 0.6) is 0 Å². The zero-order chi connectivity index (χ0) is 12.5. The average Bonchev–Trinajstić information content (AvgIpc) is 2.65. The van der Waals surface area contributed by atoms with Gasteiger partial charge >= 0.3 is 0 Å². The van der Waals surface area contributed by atoms with E-state index in [9.17, 15) is 0 Å². The van der Waals surface area contributed by atoms with Gasteiger partial charge in [0, 0.05) is 17.6 Å². The van der Waals surface area contributed by atoms with Gasteiger partial charge in [0.15, 0.2) is 0 Å². The Hall–Kier alpha value is -0.0800. The summed E-state index contributed by atoms with van der Waals surface area (Å²) in [6.07, 6.45) is 8.35. The molecule has 0 spiro atoms. The molecule has 2 aliphatic rings. The van der Waals surface area contributed by atoms with Gasteiger partial charge in [-0.3, -0.25) is 0 Å². The first-order valence-electron chi connectivity index (χ1n) is 7.48. The first kappa shape index (κ1) is 13.4. The van der Waals surface area contributed by atoms with Crippen LogP contribution in [0.4, 0.5) is 0 Å². The van der Waals surface area contributed by atoms with Crippen molar-refractivity contribution in [2.75, 3.05) is 13.6 Å². The third kappa shape index (κ3) is 3.23. The number of hydrogen-bond donors (Lipinski definition) is 1. The highest BCUT2D eigenvalue weighted by Gasteiger charge is 2.33. The van der Waals surface area contributed by atoms with E-state index in [2.05, 4.69) is 38.0 Å². The summed E-state index contributed by atoms with van der Waals surface area (Å²) in [7, 11) is 2.29. The van der Waals surface area contributed by atoms with Crippen molar-refractivity contribution in [3.63, 3.8) is 0 Å². The normalized spacial score (nSPS) is 33.4. The number of hydrogen-bond acceptors (Lipinski definition) is 2. The topological polar surface area (TPSA) is 15.3 Å². The van der Waals surface area contributed by atoms with Crippen molar-refractivity contribution in [2.24, 2.45) is 5.92 Å². The van der Waals surface area contributed by atoms with E-state index in [0.717, 1.165) is 18.0 Å². The van der Waals surface area contributed by atoms with E-state index in [-0.39, 0.29) is 0 Å². The Morgan fingerprint density at radius 1 is 1.18 bits per heavy atom. The molecule has 0 saturated carbocycles. The van der Waals surface area contributed by atoms with Gasteiger partial charge in [0.1, 0.15) is 0 Å². The second-order valence-electron chi connectivity index (χ2n) is 6.85. The van der Waals surface area contributed by atoms with Crippen LogP contribution in [0.15, 0.2) is 0 Å². The molecule has 0 aromatic carbocycles. The van der Waals surface area contributed by atoms with E-state index in [0.29, 0.717) is 5.54 Å². The highest BCUT2D eigenvalue weighted by Crippen LogP contribution is 2.33. The fraction of sp³-hybridized carbons (Fsp3) is 1.00. The van der Waals surface area contributed by atoms with Crippen molar-refractivity contribution >= 4 is 0 Å². The lowest BCUT2D eigenvalue weighted by atomic mass is 9.89. The van der Waals surface area contributed by atoms with Crippen molar-refractivity contribution in [2.45, 2.75) is 76.9 Å². The molecule has 2 saturated heterocycles. The summed E-state index contributed by atoms with van der Waals surface area (Å²) in [5.41, 5.74) is 0.367. The highest BCUT2D eigenvalue weighted by molar-refractivity contribution is 4.92. The molecule has 2 bridgehead atoms. The number of nitrogens with zero attached hydrogens (tertiary/aromatic N) is 1. The maximum atomic E-state index is 3.74. The lowest BCUT2D eigenvalue weighted by molar-refractivity contribution is 0.133. The Balaban J connectivity index is 1.75. The van der Waals surface area contributed by atoms with Crippen LogP contribution in [-0.4, -0.2) is 36.1 Å². The van der Waals surface area contributed by atoms with Crippen LogP contribution >= 0.6 is 0 Å². The third-order valence-corrected chi connectivity index (χ3v) is 5.34. The van der Waals surface area contributed by atoms with E-state index in [1.165, 1.54) is 45.1 Å². The summed E-state index contributed by atoms with van der Waals surface area (Å²) in [5, 5.41) is 3.74. The monoisotopic (exact) mass is 238 g/mol. The largest absolute Gasteiger partial charge is 0.311 e. The molecule has 1 N–H and O–H groups in total. The predicted octanol–water partition coefficient (Wildman–Crippen LogP) is 3.03. The molecule has 0 aromatic rings. The molecule has 100 valence electrons. The Morgan fingerprint density at radius 2 is 1.76 bits per heavy atom. The molecule has 2 heteroatoms. The van der Waals surface area contributed by atoms with E-state index >= 15 is 0 Å². The van der Waals surface area contributed by atoms with Gasteiger partial charge in [0.05, 0.1) is 0 Å². The number of nitrogens with one attached hydrogen (secondary N) is 1.